The van der Waals surface area contributed by atoms with Crippen LogP contribution in [0.15, 0.2) is 33.5 Å². The lowest BCUT2D eigenvalue weighted by atomic mass is 9.96. The molecule has 0 saturated carbocycles. The van der Waals surface area contributed by atoms with E-state index in [-0.39, 0.29) is 0 Å². The van der Waals surface area contributed by atoms with Crippen LogP contribution in [0.1, 0.15) is 30.5 Å². The predicted molar refractivity (Wildman–Crippen MR) is 77.2 cm³/mol. The number of anilines is 1. The number of furan rings is 1. The normalized spacial score (nSPS) is 16.7. The Kier molecular flexibility index (Phi) is 2.87. The Morgan fingerprint density at radius 1 is 1.24 bits per heavy atom. The van der Waals surface area contributed by atoms with Gasteiger partial charge in [-0.2, -0.15) is 4.98 Å². The zero-order valence-corrected chi connectivity index (χ0v) is 11.8. The second kappa shape index (κ2) is 4.87. The van der Waals surface area contributed by atoms with Crippen LogP contribution in [0.2, 0.25) is 0 Å². The van der Waals surface area contributed by atoms with Gasteiger partial charge in [0, 0.05) is 25.2 Å². The lowest BCUT2D eigenvalue weighted by Gasteiger charge is -2.31. The van der Waals surface area contributed by atoms with Gasteiger partial charge < -0.3 is 13.8 Å². The molecule has 21 heavy (non-hydrogen) atoms. The van der Waals surface area contributed by atoms with Crippen LogP contribution in [0.3, 0.4) is 0 Å². The maximum Gasteiger partial charge on any atom is 0.229 e. The summed E-state index contributed by atoms with van der Waals surface area (Å²) < 4.78 is 10.7. The van der Waals surface area contributed by atoms with E-state index >= 15 is 0 Å². The van der Waals surface area contributed by atoms with Crippen molar-refractivity contribution in [2.75, 3.05) is 18.0 Å². The molecule has 0 atom stereocenters. The minimum absolute atomic E-state index is 0.353. The number of pyridine rings is 1. The predicted octanol–water partition coefficient (Wildman–Crippen LogP) is 2.90. The van der Waals surface area contributed by atoms with Crippen LogP contribution in [0.4, 0.5) is 5.82 Å². The highest BCUT2D eigenvalue weighted by molar-refractivity contribution is 5.88. The second-order valence-corrected chi connectivity index (χ2v) is 5.41. The molecule has 0 N–H and O–H groups in total. The highest BCUT2D eigenvalue weighted by Gasteiger charge is 2.26. The molecule has 0 bridgehead atoms. The van der Waals surface area contributed by atoms with E-state index in [4.69, 9.17) is 8.94 Å². The third kappa shape index (κ3) is 2.16. The van der Waals surface area contributed by atoms with Crippen molar-refractivity contribution in [1.29, 1.82) is 0 Å². The summed E-state index contributed by atoms with van der Waals surface area (Å²) in [6.07, 6.45) is 5.51. The first-order chi connectivity index (χ1) is 10.3. The molecule has 1 aliphatic rings. The molecule has 4 heterocycles. The maximum absolute atomic E-state index is 5.44. The monoisotopic (exact) mass is 284 g/mol. The number of aryl methyl sites for hydroxylation is 1. The van der Waals surface area contributed by atoms with Crippen LogP contribution in [0.25, 0.3) is 11.0 Å². The molecule has 0 radical (unpaired) electrons. The SMILES string of the molecule is Cc1noc(C2CCN(c3nccc4occc34)CC2)n1. The molecule has 3 aromatic rings. The van der Waals surface area contributed by atoms with E-state index < -0.39 is 0 Å². The zero-order valence-electron chi connectivity index (χ0n) is 11.8. The molecule has 1 saturated heterocycles. The van der Waals surface area contributed by atoms with E-state index in [0.717, 1.165) is 48.6 Å². The average molecular weight is 284 g/mol. The summed E-state index contributed by atoms with van der Waals surface area (Å²) in [7, 11) is 0. The minimum Gasteiger partial charge on any atom is -0.464 e. The first-order valence-corrected chi connectivity index (χ1v) is 7.18. The third-order valence-corrected chi connectivity index (χ3v) is 4.05. The van der Waals surface area contributed by atoms with Crippen molar-refractivity contribution >= 4 is 16.8 Å². The Balaban J connectivity index is 1.53. The number of aromatic nitrogens is 3. The van der Waals surface area contributed by atoms with Gasteiger partial charge in [0.1, 0.15) is 11.4 Å². The van der Waals surface area contributed by atoms with E-state index in [2.05, 4.69) is 20.0 Å². The Bertz CT molecular complexity index is 756. The summed E-state index contributed by atoms with van der Waals surface area (Å²) in [5, 5.41) is 4.95. The number of hydrogen-bond acceptors (Lipinski definition) is 6. The number of fused-ring (bicyclic) bond motifs is 1. The summed E-state index contributed by atoms with van der Waals surface area (Å²) in [6, 6.07) is 3.87. The van der Waals surface area contributed by atoms with E-state index in [1.54, 1.807) is 12.5 Å². The lowest BCUT2D eigenvalue weighted by molar-refractivity contribution is 0.327. The Morgan fingerprint density at radius 2 is 2.10 bits per heavy atom. The van der Waals surface area contributed by atoms with Gasteiger partial charge in [-0.1, -0.05) is 5.16 Å². The van der Waals surface area contributed by atoms with E-state index in [9.17, 15) is 0 Å². The van der Waals surface area contributed by atoms with Crippen molar-refractivity contribution in [2.45, 2.75) is 25.7 Å². The number of rotatable bonds is 2. The van der Waals surface area contributed by atoms with Gasteiger partial charge in [0.25, 0.3) is 0 Å². The van der Waals surface area contributed by atoms with E-state index in [0.29, 0.717) is 11.7 Å². The fourth-order valence-corrected chi connectivity index (χ4v) is 2.95. The van der Waals surface area contributed by atoms with Gasteiger partial charge in [-0.25, -0.2) is 4.98 Å². The van der Waals surface area contributed by atoms with Crippen molar-refractivity contribution in [1.82, 2.24) is 15.1 Å². The fraction of sp³-hybridized carbons (Fsp3) is 0.400. The Labute approximate surface area is 121 Å². The molecule has 0 aliphatic carbocycles. The van der Waals surface area contributed by atoms with Crippen molar-refractivity contribution in [2.24, 2.45) is 0 Å². The molecule has 6 nitrogen and oxygen atoms in total. The smallest absolute Gasteiger partial charge is 0.229 e. The number of hydrogen-bond donors (Lipinski definition) is 0. The van der Waals surface area contributed by atoms with Crippen LogP contribution in [-0.4, -0.2) is 28.2 Å². The zero-order chi connectivity index (χ0) is 14.2. The summed E-state index contributed by atoms with van der Waals surface area (Å²) in [4.78, 5) is 11.2. The second-order valence-electron chi connectivity index (χ2n) is 5.41. The lowest BCUT2D eigenvalue weighted by Crippen LogP contribution is -2.33. The van der Waals surface area contributed by atoms with Gasteiger partial charge >= 0.3 is 0 Å². The van der Waals surface area contributed by atoms with Gasteiger partial charge in [0.05, 0.1) is 11.6 Å². The molecule has 0 aromatic carbocycles. The van der Waals surface area contributed by atoms with Crippen LogP contribution in [-0.2, 0) is 0 Å². The summed E-state index contributed by atoms with van der Waals surface area (Å²) in [5.41, 5.74) is 0.884. The first kappa shape index (κ1) is 12.4. The van der Waals surface area contributed by atoms with E-state index in [1.165, 1.54) is 0 Å². The quantitative estimate of drug-likeness (QED) is 0.720. The van der Waals surface area contributed by atoms with Crippen LogP contribution in [0, 0.1) is 6.92 Å². The fourth-order valence-electron chi connectivity index (χ4n) is 2.95. The summed E-state index contributed by atoms with van der Waals surface area (Å²) in [6.45, 7) is 3.72. The van der Waals surface area contributed by atoms with Crippen LogP contribution < -0.4 is 4.90 Å². The highest BCUT2D eigenvalue weighted by atomic mass is 16.5. The molecule has 0 amide bonds. The standard InChI is InChI=1S/C15H16N4O2/c1-10-17-15(21-18-10)11-3-7-19(8-4-11)14-12-5-9-20-13(12)2-6-16-14/h2,5-6,9,11H,3-4,7-8H2,1H3. The largest absolute Gasteiger partial charge is 0.464 e. The molecule has 3 aromatic heterocycles. The molecule has 1 aliphatic heterocycles. The van der Waals surface area contributed by atoms with Crippen molar-refractivity contribution in [3.8, 4) is 0 Å². The van der Waals surface area contributed by atoms with E-state index in [1.807, 2.05) is 19.1 Å². The molecule has 1 fully saturated rings. The van der Waals surface area contributed by atoms with Crippen molar-refractivity contribution in [3.05, 3.63) is 36.3 Å². The maximum atomic E-state index is 5.44. The highest BCUT2D eigenvalue weighted by Crippen LogP contribution is 2.32. The van der Waals surface area contributed by atoms with Crippen molar-refractivity contribution < 1.29 is 8.94 Å². The average Bonchev–Trinajstić information content (AvgIpc) is 3.15. The molecule has 0 unspecified atom stereocenters. The third-order valence-electron chi connectivity index (χ3n) is 4.05. The van der Waals surface area contributed by atoms with Crippen LogP contribution in [0.5, 0.6) is 0 Å². The number of piperidine rings is 1. The summed E-state index contributed by atoms with van der Waals surface area (Å²) >= 11 is 0. The van der Waals surface area contributed by atoms with Gasteiger partial charge in [0.15, 0.2) is 5.82 Å². The van der Waals surface area contributed by atoms with Gasteiger partial charge in [-0.15, -0.1) is 0 Å². The van der Waals surface area contributed by atoms with Crippen LogP contribution >= 0.6 is 0 Å². The minimum atomic E-state index is 0.353. The number of nitrogens with zero attached hydrogens (tertiary/aromatic N) is 4. The van der Waals surface area contributed by atoms with Gasteiger partial charge in [-0.3, -0.25) is 0 Å². The van der Waals surface area contributed by atoms with Gasteiger partial charge in [0.2, 0.25) is 5.89 Å². The summed E-state index contributed by atoms with van der Waals surface area (Å²) in [5.74, 6) is 2.83. The molecule has 6 heteroatoms. The van der Waals surface area contributed by atoms with Gasteiger partial charge in [-0.05, 0) is 31.9 Å². The molecule has 108 valence electrons. The molecule has 4 rings (SSSR count). The Morgan fingerprint density at radius 3 is 2.86 bits per heavy atom. The molecular weight excluding hydrogens is 268 g/mol. The Hall–Kier alpha value is -2.37. The molecular formula is C15H16N4O2. The van der Waals surface area contributed by atoms with Crippen molar-refractivity contribution in [3.63, 3.8) is 0 Å². The topological polar surface area (TPSA) is 68.2 Å². The molecule has 0 spiro atoms. The first-order valence-electron chi connectivity index (χ1n) is 7.18.